The number of nitrogens with one attached hydrogen (secondary N) is 2. The third kappa shape index (κ3) is 11.9. The van der Waals surface area contributed by atoms with Gasteiger partial charge in [0.25, 0.3) is 5.56 Å². The first-order valence-electron chi connectivity index (χ1n) is 22.7. The number of nitrogens with zero attached hydrogens (tertiary/aromatic N) is 3. The molecule has 3 N–H and O–H groups in total. The van der Waals surface area contributed by atoms with E-state index in [1.165, 1.54) is 23.5 Å². The largest absolute Gasteiger partial charge is 0.508 e. The zero-order valence-corrected chi connectivity index (χ0v) is 40.5. The SMILES string of the molecule is Cc1ncsc1-c1ccc(CNC(=O)[C@@H]2CCCN2C(=O)C(NC(=O)COCCOCCn2ccc(-c3ccc(Oc4c(-c5ccc(F)cc5)sc5cc(O)ccc45)cc3)cc2=O)C(C)(C)C)cc1. The Labute approximate surface area is 407 Å². The number of hydrogen-bond acceptors (Lipinski definition) is 11. The number of ether oxygens (including phenoxy) is 3. The first-order chi connectivity index (χ1) is 33.2. The number of carbonyl (C=O) groups is 3. The molecule has 0 bridgehead atoms. The second-order valence-electron chi connectivity index (χ2n) is 17.9. The monoisotopic (exact) mass is 971 g/mol. The maximum atomic E-state index is 14.0. The molecular formula is C53H54FN5O8S2. The van der Waals surface area contributed by atoms with Gasteiger partial charge in [0.05, 0.1) is 40.8 Å². The summed E-state index contributed by atoms with van der Waals surface area (Å²) in [5.41, 5.74) is 6.32. The van der Waals surface area contributed by atoms with Gasteiger partial charge in [-0.25, -0.2) is 9.37 Å². The molecule has 8 rings (SSSR count). The van der Waals surface area contributed by atoms with Gasteiger partial charge in [-0.1, -0.05) is 69.3 Å². The van der Waals surface area contributed by atoms with Gasteiger partial charge in [0.15, 0.2) is 5.75 Å². The van der Waals surface area contributed by atoms with Crippen LogP contribution in [0, 0.1) is 18.2 Å². The number of aryl methyl sites for hydroxylation is 1. The molecule has 1 saturated heterocycles. The zero-order valence-electron chi connectivity index (χ0n) is 38.8. The number of thiazole rings is 1. The van der Waals surface area contributed by atoms with Crippen molar-refractivity contribution in [3.05, 3.63) is 142 Å². The number of aromatic hydroxyl groups is 1. The molecule has 1 aliphatic heterocycles. The fourth-order valence-corrected chi connectivity index (χ4v) is 10.2. The smallest absolute Gasteiger partial charge is 0.251 e. The summed E-state index contributed by atoms with van der Waals surface area (Å²) >= 11 is 3.03. The van der Waals surface area contributed by atoms with Crippen molar-refractivity contribution in [2.45, 2.75) is 65.7 Å². The highest BCUT2D eigenvalue weighted by Gasteiger charge is 2.41. The molecule has 0 saturated carbocycles. The van der Waals surface area contributed by atoms with E-state index in [0.717, 1.165) is 53.4 Å². The van der Waals surface area contributed by atoms with E-state index >= 15 is 0 Å². The molecule has 4 aromatic carbocycles. The molecule has 0 aliphatic carbocycles. The lowest BCUT2D eigenvalue weighted by molar-refractivity contribution is -0.144. The minimum atomic E-state index is -0.877. The Bertz CT molecular complexity index is 2980. The van der Waals surface area contributed by atoms with Gasteiger partial charge in [-0.3, -0.25) is 19.2 Å². The van der Waals surface area contributed by atoms with Crippen LogP contribution in [-0.4, -0.2) is 82.3 Å². The Hall–Kier alpha value is -6.72. The highest BCUT2D eigenvalue weighted by atomic mass is 32.1. The summed E-state index contributed by atoms with van der Waals surface area (Å²) in [6.07, 6.45) is 2.93. The Morgan fingerprint density at radius 1 is 0.870 bits per heavy atom. The number of hydrogen-bond donors (Lipinski definition) is 3. The van der Waals surface area contributed by atoms with Gasteiger partial charge in [0.2, 0.25) is 17.7 Å². The maximum absolute atomic E-state index is 14.0. The molecule has 1 fully saturated rings. The number of carbonyl (C=O) groups excluding carboxylic acids is 3. The number of thiophene rings is 1. The number of halogens is 1. The summed E-state index contributed by atoms with van der Waals surface area (Å²) in [6.45, 7) is 8.91. The standard InChI is InChI=1S/C53H54FN5O8S2/c1-33-48(68-32-56-33)36-9-7-34(8-10-36)30-55-51(63)43-6-5-22-59(43)52(64)50(53(2,3)4)57-45(61)31-66-27-26-65-25-24-58-23-21-38(28-46(58)62)35-13-18-41(19-14-35)67-47-42-20-17-40(60)29-44(42)69-49(47)37-11-15-39(54)16-12-37/h7-21,23,28-29,32,43,50,60H,5-6,22,24-27,30-31H2,1-4H3,(H,55,63)(H,57,61)/t43-,50?/m0/s1. The van der Waals surface area contributed by atoms with Crippen LogP contribution in [0.4, 0.5) is 4.39 Å². The Morgan fingerprint density at radius 3 is 2.29 bits per heavy atom. The Balaban J connectivity index is 0.766. The van der Waals surface area contributed by atoms with Crippen LogP contribution >= 0.6 is 22.7 Å². The molecule has 2 atom stereocenters. The van der Waals surface area contributed by atoms with Crippen molar-refractivity contribution in [1.29, 1.82) is 0 Å². The molecule has 0 radical (unpaired) electrons. The van der Waals surface area contributed by atoms with Gasteiger partial charge < -0.3 is 39.4 Å². The summed E-state index contributed by atoms with van der Waals surface area (Å²) in [7, 11) is 0. The fraction of sp³-hybridized carbons (Fsp3) is 0.302. The zero-order chi connectivity index (χ0) is 48.7. The molecule has 358 valence electrons. The van der Waals surface area contributed by atoms with Crippen LogP contribution in [0.1, 0.15) is 44.9 Å². The van der Waals surface area contributed by atoms with Gasteiger partial charge in [-0.2, -0.15) is 0 Å². The molecular weight excluding hydrogens is 918 g/mol. The number of likely N-dealkylation sites (tertiary alicyclic amines) is 1. The highest BCUT2D eigenvalue weighted by Crippen LogP contribution is 2.47. The topological polar surface area (TPSA) is 161 Å². The summed E-state index contributed by atoms with van der Waals surface area (Å²) in [5.74, 6) is -0.0184. The van der Waals surface area contributed by atoms with Crippen molar-refractivity contribution in [1.82, 2.24) is 25.1 Å². The van der Waals surface area contributed by atoms with Gasteiger partial charge in [0.1, 0.15) is 36.0 Å². The van der Waals surface area contributed by atoms with Crippen LogP contribution in [0.5, 0.6) is 17.2 Å². The summed E-state index contributed by atoms with van der Waals surface area (Å²) in [6, 6.07) is 28.5. The van der Waals surface area contributed by atoms with Crippen LogP contribution in [0.25, 0.3) is 42.1 Å². The van der Waals surface area contributed by atoms with E-state index in [2.05, 4.69) is 15.6 Å². The van der Waals surface area contributed by atoms with E-state index in [1.54, 1.807) is 63.4 Å². The van der Waals surface area contributed by atoms with Crippen LogP contribution in [0.3, 0.4) is 0 Å². The molecule has 69 heavy (non-hydrogen) atoms. The van der Waals surface area contributed by atoms with E-state index in [9.17, 15) is 28.7 Å². The average molecular weight is 972 g/mol. The second-order valence-corrected chi connectivity index (χ2v) is 19.8. The normalized spacial score (nSPS) is 14.2. The van der Waals surface area contributed by atoms with Crippen molar-refractivity contribution in [3.8, 4) is 49.3 Å². The molecule has 3 amide bonds. The molecule has 1 aliphatic rings. The number of phenols is 1. The van der Waals surface area contributed by atoms with Crippen LogP contribution in [0.15, 0.2) is 120 Å². The minimum Gasteiger partial charge on any atom is -0.508 e. The van der Waals surface area contributed by atoms with E-state index in [0.29, 0.717) is 44.0 Å². The van der Waals surface area contributed by atoms with Gasteiger partial charge in [0, 0.05) is 42.0 Å². The van der Waals surface area contributed by atoms with Crippen molar-refractivity contribution in [2.24, 2.45) is 5.41 Å². The minimum absolute atomic E-state index is 0.122. The third-order valence-corrected chi connectivity index (χ3v) is 14.1. The lowest BCUT2D eigenvalue weighted by Gasteiger charge is -2.35. The predicted molar refractivity (Wildman–Crippen MR) is 267 cm³/mol. The number of rotatable bonds is 18. The number of amides is 3. The van der Waals surface area contributed by atoms with Crippen molar-refractivity contribution in [3.63, 3.8) is 0 Å². The fourth-order valence-electron chi connectivity index (χ4n) is 8.19. The Morgan fingerprint density at radius 2 is 1.58 bits per heavy atom. The third-order valence-electron chi connectivity index (χ3n) is 11.9. The maximum Gasteiger partial charge on any atom is 0.251 e. The predicted octanol–water partition coefficient (Wildman–Crippen LogP) is 9.34. The summed E-state index contributed by atoms with van der Waals surface area (Å²) in [4.78, 5) is 61.3. The summed E-state index contributed by atoms with van der Waals surface area (Å²) < 4.78 is 33.8. The second kappa shape index (κ2) is 21.7. The quantitative estimate of drug-likeness (QED) is 0.0712. The van der Waals surface area contributed by atoms with Crippen molar-refractivity contribution >= 4 is 50.5 Å². The van der Waals surface area contributed by atoms with Crippen LogP contribution < -0.4 is 20.9 Å². The number of aromatic nitrogens is 2. The lowest BCUT2D eigenvalue weighted by Crippen LogP contribution is -2.58. The summed E-state index contributed by atoms with van der Waals surface area (Å²) in [5, 5.41) is 16.8. The lowest BCUT2D eigenvalue weighted by atomic mass is 9.85. The number of fused-ring (bicyclic) bond motifs is 1. The molecule has 3 aromatic heterocycles. The molecule has 0 spiro atoms. The van der Waals surface area contributed by atoms with Gasteiger partial charge >= 0.3 is 0 Å². The molecule has 16 heteroatoms. The average Bonchev–Trinajstić information content (AvgIpc) is 4.09. The van der Waals surface area contributed by atoms with Crippen molar-refractivity contribution in [2.75, 3.05) is 33.0 Å². The van der Waals surface area contributed by atoms with Gasteiger partial charge in [-0.05, 0) is 102 Å². The van der Waals surface area contributed by atoms with E-state index < -0.39 is 23.4 Å². The van der Waals surface area contributed by atoms with E-state index in [-0.39, 0.29) is 55.4 Å². The molecule has 1 unspecified atom stereocenters. The number of phenolic OH excluding ortho intramolecular Hbond substituents is 1. The molecule has 13 nitrogen and oxygen atoms in total. The first kappa shape index (κ1) is 48.7. The van der Waals surface area contributed by atoms with Crippen LogP contribution in [0.2, 0.25) is 0 Å². The number of pyridine rings is 1. The van der Waals surface area contributed by atoms with E-state index in [1.807, 2.05) is 87.8 Å². The highest BCUT2D eigenvalue weighted by molar-refractivity contribution is 7.22. The number of benzene rings is 4. The molecule has 7 aromatic rings. The van der Waals surface area contributed by atoms with E-state index in [4.69, 9.17) is 14.2 Å². The Kier molecular flexibility index (Phi) is 15.3. The first-order valence-corrected chi connectivity index (χ1v) is 24.4. The molecule has 4 heterocycles. The van der Waals surface area contributed by atoms with Crippen LogP contribution in [-0.2, 0) is 36.9 Å². The van der Waals surface area contributed by atoms with Crippen molar-refractivity contribution < 1.29 is 38.1 Å². The van der Waals surface area contributed by atoms with Gasteiger partial charge in [-0.15, -0.1) is 22.7 Å².